The summed E-state index contributed by atoms with van der Waals surface area (Å²) in [6.07, 6.45) is 4.32. The molecule has 1 unspecified atom stereocenters. The first-order valence-corrected chi connectivity index (χ1v) is 5.44. The lowest BCUT2D eigenvalue weighted by Gasteiger charge is -2.12. The second kappa shape index (κ2) is 4.69. The second-order valence-corrected chi connectivity index (χ2v) is 4.14. The van der Waals surface area contributed by atoms with Gasteiger partial charge < -0.3 is 5.32 Å². The Bertz CT molecular complexity index is 413. The number of benzene rings is 1. The van der Waals surface area contributed by atoms with Gasteiger partial charge in [-0.1, -0.05) is 35.3 Å². The topological polar surface area (TPSA) is 24.4 Å². The third-order valence-corrected chi connectivity index (χ3v) is 2.52. The molecule has 0 radical (unpaired) electrons. The quantitative estimate of drug-likeness (QED) is 0.624. The number of hydrogen-bond donors (Lipinski definition) is 1. The molecule has 4 heteroatoms. The van der Waals surface area contributed by atoms with E-state index in [9.17, 15) is 0 Å². The Kier molecular flexibility index (Phi) is 3.29. The van der Waals surface area contributed by atoms with Crippen LogP contribution in [0.2, 0.25) is 5.02 Å². The average Bonchev–Trinajstić information content (AvgIpc) is 2.17. The van der Waals surface area contributed by atoms with Gasteiger partial charge in [-0.2, -0.15) is 0 Å². The van der Waals surface area contributed by atoms with Crippen LogP contribution in [0.4, 0.5) is 0 Å². The van der Waals surface area contributed by atoms with Crippen LogP contribution in [-0.4, -0.2) is 11.3 Å². The predicted octanol–water partition coefficient (Wildman–Crippen LogP) is 2.96. The van der Waals surface area contributed by atoms with Crippen molar-refractivity contribution in [2.45, 2.75) is 11.9 Å². The summed E-state index contributed by atoms with van der Waals surface area (Å²) in [5.74, 6) is 0.861. The van der Waals surface area contributed by atoms with E-state index >= 15 is 0 Å². The fraction of sp³-hybridized carbons (Fsp3) is 0.182. The molecule has 0 aromatic heterocycles. The molecule has 78 valence electrons. The van der Waals surface area contributed by atoms with Gasteiger partial charge in [0.05, 0.1) is 0 Å². The molecule has 0 bridgehead atoms. The van der Waals surface area contributed by atoms with Crippen molar-refractivity contribution in [3.63, 3.8) is 0 Å². The molecule has 1 atom stereocenters. The zero-order valence-electron chi connectivity index (χ0n) is 7.95. The Morgan fingerprint density at radius 2 is 2.27 bits per heavy atom. The van der Waals surface area contributed by atoms with Crippen LogP contribution in [0, 0.1) is 0 Å². The molecule has 1 aromatic carbocycles. The highest BCUT2D eigenvalue weighted by atomic mass is 35.5. The first-order chi connectivity index (χ1) is 7.24. The number of amidine groups is 1. The third kappa shape index (κ3) is 2.98. The molecule has 1 aliphatic rings. The van der Waals surface area contributed by atoms with Gasteiger partial charge in [-0.05, 0) is 23.8 Å². The molecule has 2 nitrogen and oxygen atoms in total. The highest BCUT2D eigenvalue weighted by Crippen LogP contribution is 2.12. The second-order valence-electron chi connectivity index (χ2n) is 3.26. The summed E-state index contributed by atoms with van der Waals surface area (Å²) >= 11 is 11.8. The summed E-state index contributed by atoms with van der Waals surface area (Å²) in [6, 6.07) is 7.71. The van der Waals surface area contributed by atoms with Crippen LogP contribution in [0.25, 0.3) is 0 Å². The van der Waals surface area contributed by atoms with Gasteiger partial charge in [0, 0.05) is 17.6 Å². The highest BCUT2D eigenvalue weighted by Gasteiger charge is 2.07. The largest absolute Gasteiger partial charge is 0.350 e. The van der Waals surface area contributed by atoms with Gasteiger partial charge in [-0.3, -0.25) is 0 Å². The number of hydrogen-bond acceptors (Lipinski definition) is 2. The lowest BCUT2D eigenvalue weighted by Crippen LogP contribution is -2.24. The minimum atomic E-state index is -0.263. The zero-order chi connectivity index (χ0) is 10.7. The van der Waals surface area contributed by atoms with Crippen LogP contribution in [0.3, 0.4) is 0 Å². The van der Waals surface area contributed by atoms with Crippen molar-refractivity contribution in [3.8, 4) is 0 Å². The predicted molar refractivity (Wildman–Crippen MR) is 64.5 cm³/mol. The van der Waals surface area contributed by atoms with Gasteiger partial charge in [-0.15, -0.1) is 0 Å². The average molecular weight is 241 g/mol. The summed E-state index contributed by atoms with van der Waals surface area (Å²) in [5, 5.41) is 3.80. The van der Waals surface area contributed by atoms with Crippen molar-refractivity contribution >= 4 is 29.0 Å². The molecule has 0 fully saturated rings. The van der Waals surface area contributed by atoms with Gasteiger partial charge in [0.2, 0.25) is 0 Å². The summed E-state index contributed by atoms with van der Waals surface area (Å²) in [6.45, 7) is 0. The number of nitrogens with one attached hydrogen (secondary N) is 1. The number of halogens is 2. The van der Waals surface area contributed by atoms with E-state index in [1.807, 2.05) is 30.5 Å². The maximum atomic E-state index is 5.89. The van der Waals surface area contributed by atoms with E-state index in [2.05, 4.69) is 10.3 Å². The first-order valence-electron chi connectivity index (χ1n) is 4.62. The summed E-state index contributed by atoms with van der Waals surface area (Å²) in [7, 11) is 0. The zero-order valence-corrected chi connectivity index (χ0v) is 9.46. The van der Waals surface area contributed by atoms with Gasteiger partial charge >= 0.3 is 0 Å². The first kappa shape index (κ1) is 10.5. The van der Waals surface area contributed by atoms with E-state index in [1.165, 1.54) is 0 Å². The monoisotopic (exact) mass is 240 g/mol. The normalized spacial score (nSPS) is 19.6. The van der Waals surface area contributed by atoms with Crippen LogP contribution in [0.5, 0.6) is 0 Å². The summed E-state index contributed by atoms with van der Waals surface area (Å²) < 4.78 is 0. The van der Waals surface area contributed by atoms with Crippen molar-refractivity contribution in [3.05, 3.63) is 47.1 Å². The Morgan fingerprint density at radius 3 is 3.00 bits per heavy atom. The van der Waals surface area contributed by atoms with Crippen molar-refractivity contribution in [2.75, 3.05) is 0 Å². The molecule has 0 spiro atoms. The van der Waals surface area contributed by atoms with E-state index in [4.69, 9.17) is 23.2 Å². The van der Waals surface area contributed by atoms with E-state index in [0.29, 0.717) is 6.42 Å². The van der Waals surface area contributed by atoms with Gasteiger partial charge in [0.25, 0.3) is 0 Å². The Morgan fingerprint density at radius 1 is 1.40 bits per heavy atom. The van der Waals surface area contributed by atoms with E-state index in [0.717, 1.165) is 16.4 Å². The molecule has 1 heterocycles. The van der Waals surface area contributed by atoms with Crippen LogP contribution < -0.4 is 5.32 Å². The molecule has 1 aliphatic heterocycles. The fourth-order valence-corrected chi connectivity index (χ4v) is 1.79. The molecule has 1 N–H and O–H groups in total. The molecule has 1 aromatic rings. The minimum absolute atomic E-state index is 0.263. The summed E-state index contributed by atoms with van der Waals surface area (Å²) in [5.41, 5.74) is 0.855. The Labute approximate surface area is 98.6 Å². The van der Waals surface area contributed by atoms with Crippen molar-refractivity contribution in [1.29, 1.82) is 0 Å². The van der Waals surface area contributed by atoms with E-state index in [1.54, 1.807) is 6.08 Å². The van der Waals surface area contributed by atoms with Crippen LogP contribution >= 0.6 is 23.2 Å². The van der Waals surface area contributed by atoms with Gasteiger partial charge in [0.15, 0.2) is 0 Å². The Balaban J connectivity index is 2.09. The SMILES string of the molecule is Clc1cccc(CC2=NC(Cl)C=CN2)c1. The van der Waals surface area contributed by atoms with Gasteiger partial charge in [-0.25, -0.2) is 4.99 Å². The van der Waals surface area contributed by atoms with E-state index in [-0.39, 0.29) is 5.50 Å². The molecular weight excluding hydrogens is 231 g/mol. The van der Waals surface area contributed by atoms with Crippen molar-refractivity contribution < 1.29 is 0 Å². The summed E-state index contributed by atoms with van der Waals surface area (Å²) in [4.78, 5) is 4.25. The smallest absolute Gasteiger partial charge is 0.145 e. The van der Waals surface area contributed by atoms with Crippen LogP contribution in [0.1, 0.15) is 5.56 Å². The van der Waals surface area contributed by atoms with Crippen molar-refractivity contribution in [2.24, 2.45) is 4.99 Å². The van der Waals surface area contributed by atoms with Crippen molar-refractivity contribution in [1.82, 2.24) is 5.32 Å². The lowest BCUT2D eigenvalue weighted by molar-refractivity contribution is 1.01. The fourth-order valence-electron chi connectivity index (χ4n) is 1.39. The molecule has 0 amide bonds. The Hall–Kier alpha value is -0.990. The maximum Gasteiger partial charge on any atom is 0.145 e. The number of rotatable bonds is 2. The standard InChI is InChI=1S/C11H10Cl2N2/c12-9-3-1-2-8(6-9)7-11-14-5-4-10(13)15-11/h1-6,10H,7H2,(H,14,15). The van der Waals surface area contributed by atoms with E-state index < -0.39 is 0 Å². The van der Waals surface area contributed by atoms with Crippen LogP contribution in [-0.2, 0) is 6.42 Å². The van der Waals surface area contributed by atoms with Crippen LogP contribution in [0.15, 0.2) is 41.5 Å². The highest BCUT2D eigenvalue weighted by molar-refractivity contribution is 6.30. The number of nitrogens with zero attached hydrogens (tertiary/aromatic N) is 1. The number of aliphatic imine (C=N–C) groups is 1. The molecule has 15 heavy (non-hydrogen) atoms. The lowest BCUT2D eigenvalue weighted by atomic mass is 10.1. The van der Waals surface area contributed by atoms with Gasteiger partial charge in [0.1, 0.15) is 11.3 Å². The third-order valence-electron chi connectivity index (χ3n) is 2.04. The molecule has 0 saturated heterocycles. The number of alkyl halides is 1. The molecule has 2 rings (SSSR count). The minimum Gasteiger partial charge on any atom is -0.350 e. The molecule has 0 saturated carbocycles. The maximum absolute atomic E-state index is 5.89. The molecular formula is C11H10Cl2N2. The molecule has 0 aliphatic carbocycles.